The summed E-state index contributed by atoms with van der Waals surface area (Å²) in [5.74, 6) is 0. The quantitative estimate of drug-likeness (QED) is 0.852. The second-order valence-electron chi connectivity index (χ2n) is 6.70. The number of aldehydes is 1. The number of carbonyl (C=O) groups excluding carboxylic acids is 2. The molecule has 0 saturated heterocycles. The van der Waals surface area contributed by atoms with Crippen LogP contribution in [0, 0.1) is 0 Å². The van der Waals surface area contributed by atoms with Crippen LogP contribution in [0.1, 0.15) is 33.3 Å². The van der Waals surface area contributed by atoms with Crippen molar-refractivity contribution in [3.63, 3.8) is 0 Å². The number of para-hydroxylation sites is 1. The molecule has 1 aromatic carbocycles. The van der Waals surface area contributed by atoms with Gasteiger partial charge in [0.05, 0.1) is 0 Å². The van der Waals surface area contributed by atoms with Gasteiger partial charge >= 0.3 is 6.09 Å². The average molecular weight is 302 g/mol. The number of alkyl carbamates (subject to hydrolysis) is 1. The van der Waals surface area contributed by atoms with E-state index < -0.39 is 17.2 Å². The zero-order valence-electron chi connectivity index (χ0n) is 13.4. The molecule has 2 rings (SSSR count). The standard InChI is InChI=1S/C17H22N2O3/c1-16(2,3)22-15(21)19-17(4,11-20)9-12-10-18-14-8-6-5-7-13(12)14/h5-8,10-11,18H,9H2,1-4H3,(H,19,21)/t17-/m0/s1. The van der Waals surface area contributed by atoms with Gasteiger partial charge in [-0.15, -0.1) is 0 Å². The fourth-order valence-corrected chi connectivity index (χ4v) is 2.33. The molecule has 1 heterocycles. The van der Waals surface area contributed by atoms with E-state index in [1.165, 1.54) is 0 Å². The Morgan fingerprint density at radius 1 is 1.27 bits per heavy atom. The van der Waals surface area contributed by atoms with Crippen LogP contribution < -0.4 is 5.32 Å². The summed E-state index contributed by atoms with van der Waals surface area (Å²) >= 11 is 0. The molecular formula is C17H22N2O3. The Morgan fingerprint density at radius 3 is 2.59 bits per heavy atom. The molecule has 1 aromatic heterocycles. The van der Waals surface area contributed by atoms with E-state index in [-0.39, 0.29) is 0 Å². The zero-order valence-corrected chi connectivity index (χ0v) is 13.4. The highest BCUT2D eigenvalue weighted by atomic mass is 16.6. The molecule has 0 aliphatic rings. The molecule has 22 heavy (non-hydrogen) atoms. The number of aromatic amines is 1. The van der Waals surface area contributed by atoms with Crippen LogP contribution in [-0.4, -0.2) is 28.5 Å². The highest BCUT2D eigenvalue weighted by molar-refractivity contribution is 5.84. The number of amides is 1. The molecule has 5 heteroatoms. The Labute approximate surface area is 130 Å². The van der Waals surface area contributed by atoms with Crippen molar-refractivity contribution in [2.24, 2.45) is 0 Å². The Morgan fingerprint density at radius 2 is 1.95 bits per heavy atom. The summed E-state index contributed by atoms with van der Waals surface area (Å²) < 4.78 is 5.23. The molecule has 2 N–H and O–H groups in total. The van der Waals surface area contributed by atoms with E-state index in [1.54, 1.807) is 27.7 Å². The Hall–Kier alpha value is -2.30. The summed E-state index contributed by atoms with van der Waals surface area (Å²) in [5.41, 5.74) is 0.353. The first kappa shape index (κ1) is 16.1. The molecule has 0 bridgehead atoms. The lowest BCUT2D eigenvalue weighted by molar-refractivity contribution is -0.112. The second kappa shape index (κ2) is 5.83. The molecular weight excluding hydrogens is 280 g/mol. The van der Waals surface area contributed by atoms with Crippen LogP contribution in [-0.2, 0) is 16.0 Å². The molecule has 0 radical (unpaired) electrons. The van der Waals surface area contributed by atoms with Crippen molar-refractivity contribution in [1.82, 2.24) is 10.3 Å². The zero-order chi connectivity index (χ0) is 16.4. The molecule has 5 nitrogen and oxygen atoms in total. The number of hydrogen-bond donors (Lipinski definition) is 2. The third-order valence-corrected chi connectivity index (χ3v) is 3.28. The van der Waals surface area contributed by atoms with Crippen molar-refractivity contribution < 1.29 is 14.3 Å². The fourth-order valence-electron chi connectivity index (χ4n) is 2.33. The molecule has 118 valence electrons. The average Bonchev–Trinajstić information content (AvgIpc) is 2.80. The van der Waals surface area contributed by atoms with Crippen LogP contribution in [0.3, 0.4) is 0 Å². The summed E-state index contributed by atoms with van der Waals surface area (Å²) in [7, 11) is 0. The van der Waals surface area contributed by atoms with Gasteiger partial charge in [-0.05, 0) is 39.3 Å². The van der Waals surface area contributed by atoms with Crippen LogP contribution in [0.25, 0.3) is 10.9 Å². The first-order valence-corrected chi connectivity index (χ1v) is 7.25. The van der Waals surface area contributed by atoms with Gasteiger partial charge in [0.15, 0.2) is 0 Å². The monoisotopic (exact) mass is 302 g/mol. The van der Waals surface area contributed by atoms with Crippen molar-refractivity contribution in [2.75, 3.05) is 0 Å². The van der Waals surface area contributed by atoms with E-state index in [1.807, 2.05) is 30.5 Å². The minimum atomic E-state index is -1.02. The Bertz CT molecular complexity index is 685. The predicted molar refractivity (Wildman–Crippen MR) is 85.8 cm³/mol. The highest BCUT2D eigenvalue weighted by Gasteiger charge is 2.29. The minimum Gasteiger partial charge on any atom is -0.444 e. The van der Waals surface area contributed by atoms with Crippen LogP contribution in [0.15, 0.2) is 30.5 Å². The molecule has 0 aliphatic heterocycles. The maximum atomic E-state index is 11.9. The van der Waals surface area contributed by atoms with E-state index >= 15 is 0 Å². The molecule has 0 aliphatic carbocycles. The first-order chi connectivity index (χ1) is 10.2. The number of carbonyl (C=O) groups is 2. The fraction of sp³-hybridized carbons (Fsp3) is 0.412. The molecule has 1 atom stereocenters. The maximum Gasteiger partial charge on any atom is 0.408 e. The van der Waals surface area contributed by atoms with Crippen molar-refractivity contribution in [1.29, 1.82) is 0 Å². The highest BCUT2D eigenvalue weighted by Crippen LogP contribution is 2.22. The number of aromatic nitrogens is 1. The topological polar surface area (TPSA) is 71.2 Å². The summed E-state index contributed by atoms with van der Waals surface area (Å²) in [5, 5.41) is 3.70. The SMILES string of the molecule is CC(C)(C)OC(=O)N[C@](C)(C=O)Cc1c[nH]c2ccccc12. The lowest BCUT2D eigenvalue weighted by atomic mass is 9.94. The number of fused-ring (bicyclic) bond motifs is 1. The molecule has 0 spiro atoms. The summed E-state index contributed by atoms with van der Waals surface area (Å²) in [6, 6.07) is 7.85. The summed E-state index contributed by atoms with van der Waals surface area (Å²) in [4.78, 5) is 26.6. The van der Waals surface area contributed by atoms with E-state index in [4.69, 9.17) is 4.74 Å². The minimum absolute atomic E-state index is 0.389. The van der Waals surface area contributed by atoms with Crippen molar-refractivity contribution in [3.8, 4) is 0 Å². The van der Waals surface area contributed by atoms with Gasteiger partial charge in [-0.1, -0.05) is 18.2 Å². The van der Waals surface area contributed by atoms with Gasteiger partial charge in [-0.3, -0.25) is 0 Å². The number of hydrogen-bond acceptors (Lipinski definition) is 3. The third kappa shape index (κ3) is 3.87. The van der Waals surface area contributed by atoms with Gasteiger partial charge in [0.25, 0.3) is 0 Å². The third-order valence-electron chi connectivity index (χ3n) is 3.28. The number of nitrogens with one attached hydrogen (secondary N) is 2. The molecule has 2 aromatic rings. The lowest BCUT2D eigenvalue weighted by Gasteiger charge is -2.27. The van der Waals surface area contributed by atoms with Crippen LogP contribution >= 0.6 is 0 Å². The van der Waals surface area contributed by atoms with Crippen LogP contribution in [0.4, 0.5) is 4.79 Å². The predicted octanol–water partition coefficient (Wildman–Crippen LogP) is 3.19. The lowest BCUT2D eigenvalue weighted by Crippen LogP contribution is -2.50. The van der Waals surface area contributed by atoms with Crippen LogP contribution in [0.5, 0.6) is 0 Å². The summed E-state index contributed by atoms with van der Waals surface area (Å²) in [6.45, 7) is 7.03. The van der Waals surface area contributed by atoms with E-state index in [2.05, 4.69) is 10.3 Å². The first-order valence-electron chi connectivity index (χ1n) is 7.25. The van der Waals surface area contributed by atoms with Gasteiger partial charge in [-0.25, -0.2) is 4.79 Å². The van der Waals surface area contributed by atoms with Gasteiger partial charge in [0.2, 0.25) is 0 Å². The number of H-pyrrole nitrogens is 1. The maximum absolute atomic E-state index is 11.9. The molecule has 1 amide bonds. The van der Waals surface area contributed by atoms with E-state index in [0.29, 0.717) is 6.42 Å². The van der Waals surface area contributed by atoms with Gasteiger partial charge in [0.1, 0.15) is 17.4 Å². The molecule has 0 unspecified atom stereocenters. The normalized spacial score (nSPS) is 14.4. The van der Waals surface area contributed by atoms with E-state index in [0.717, 1.165) is 22.8 Å². The van der Waals surface area contributed by atoms with Crippen molar-refractivity contribution >= 4 is 23.3 Å². The van der Waals surface area contributed by atoms with Gasteiger partial charge < -0.3 is 19.8 Å². The van der Waals surface area contributed by atoms with Crippen LogP contribution in [0.2, 0.25) is 0 Å². The number of ether oxygens (including phenoxy) is 1. The smallest absolute Gasteiger partial charge is 0.408 e. The Balaban J connectivity index is 2.17. The van der Waals surface area contributed by atoms with Gasteiger partial charge in [0, 0.05) is 23.5 Å². The number of benzene rings is 1. The van der Waals surface area contributed by atoms with Crippen molar-refractivity contribution in [3.05, 3.63) is 36.0 Å². The Kier molecular flexibility index (Phi) is 4.26. The van der Waals surface area contributed by atoms with E-state index in [9.17, 15) is 9.59 Å². The van der Waals surface area contributed by atoms with Crippen molar-refractivity contribution in [2.45, 2.75) is 45.3 Å². The largest absolute Gasteiger partial charge is 0.444 e. The molecule has 0 fully saturated rings. The summed E-state index contributed by atoms with van der Waals surface area (Å²) in [6.07, 6.45) is 2.41. The van der Waals surface area contributed by atoms with Gasteiger partial charge in [-0.2, -0.15) is 0 Å². The number of rotatable bonds is 4. The molecule has 0 saturated carbocycles. The second-order valence-corrected chi connectivity index (χ2v) is 6.70.